The average Bonchev–Trinajstić information content (AvgIpc) is 2.60. The Morgan fingerprint density at radius 1 is 1.12 bits per heavy atom. The predicted molar refractivity (Wildman–Crippen MR) is 92.4 cm³/mol. The molecule has 0 saturated heterocycles. The van der Waals surface area contributed by atoms with E-state index in [2.05, 4.69) is 15.6 Å². The van der Waals surface area contributed by atoms with Crippen LogP contribution in [0.3, 0.4) is 0 Å². The quantitative estimate of drug-likeness (QED) is 0.855. The second-order valence-corrected chi connectivity index (χ2v) is 5.72. The molecule has 2 aromatic rings. The number of carbonyl (C=O) groups is 2. The smallest absolute Gasteiger partial charge is 0.257 e. The van der Waals surface area contributed by atoms with Crippen LogP contribution in [0.1, 0.15) is 34.6 Å². The van der Waals surface area contributed by atoms with Crippen molar-refractivity contribution in [3.05, 3.63) is 53.9 Å². The van der Waals surface area contributed by atoms with Gasteiger partial charge in [0, 0.05) is 18.9 Å². The second-order valence-electron chi connectivity index (χ2n) is 5.72. The van der Waals surface area contributed by atoms with Crippen LogP contribution in [-0.2, 0) is 0 Å². The largest absolute Gasteiger partial charge is 0.495 e. The van der Waals surface area contributed by atoms with Gasteiger partial charge >= 0.3 is 0 Å². The molecule has 6 heteroatoms. The van der Waals surface area contributed by atoms with Gasteiger partial charge in [0.05, 0.1) is 23.9 Å². The summed E-state index contributed by atoms with van der Waals surface area (Å²) >= 11 is 0. The van der Waals surface area contributed by atoms with Gasteiger partial charge in [-0.3, -0.25) is 14.6 Å². The molecule has 0 radical (unpaired) electrons. The van der Waals surface area contributed by atoms with E-state index in [1.165, 1.54) is 25.6 Å². The number of aromatic nitrogens is 1. The Morgan fingerprint density at radius 2 is 1.79 bits per heavy atom. The van der Waals surface area contributed by atoms with Gasteiger partial charge in [0.2, 0.25) is 0 Å². The molecule has 126 valence electrons. The van der Waals surface area contributed by atoms with Crippen molar-refractivity contribution < 1.29 is 14.3 Å². The summed E-state index contributed by atoms with van der Waals surface area (Å²) in [4.78, 5) is 28.4. The first kappa shape index (κ1) is 17.5. The summed E-state index contributed by atoms with van der Waals surface area (Å²) in [5.74, 6) is 0.303. The molecule has 1 heterocycles. The van der Waals surface area contributed by atoms with Crippen LogP contribution in [0.4, 0.5) is 5.69 Å². The highest BCUT2D eigenvalue weighted by atomic mass is 16.5. The Hall–Kier alpha value is -2.89. The van der Waals surface area contributed by atoms with Gasteiger partial charge in [0.15, 0.2) is 0 Å². The maximum atomic E-state index is 12.4. The SMILES string of the molecule is COc1ccccc1NC(=O)c1cncc(C(=O)NCC(C)C)c1. The van der Waals surface area contributed by atoms with E-state index in [0.717, 1.165) is 0 Å². The van der Waals surface area contributed by atoms with E-state index < -0.39 is 0 Å². The summed E-state index contributed by atoms with van der Waals surface area (Å²) in [5.41, 5.74) is 1.21. The molecule has 0 saturated carbocycles. The molecule has 0 aliphatic carbocycles. The first-order valence-corrected chi connectivity index (χ1v) is 7.69. The van der Waals surface area contributed by atoms with Crippen LogP contribution in [0.2, 0.25) is 0 Å². The number of anilines is 1. The topological polar surface area (TPSA) is 80.3 Å². The number of nitrogens with zero attached hydrogens (tertiary/aromatic N) is 1. The van der Waals surface area contributed by atoms with Gasteiger partial charge in [-0.1, -0.05) is 26.0 Å². The number of amides is 2. The van der Waals surface area contributed by atoms with E-state index in [0.29, 0.717) is 35.0 Å². The van der Waals surface area contributed by atoms with Crippen LogP contribution in [0.15, 0.2) is 42.7 Å². The number of ether oxygens (including phenoxy) is 1. The van der Waals surface area contributed by atoms with Gasteiger partial charge in [0.1, 0.15) is 5.75 Å². The highest BCUT2D eigenvalue weighted by molar-refractivity contribution is 6.06. The number of hydrogen-bond acceptors (Lipinski definition) is 4. The zero-order chi connectivity index (χ0) is 17.5. The molecule has 0 atom stereocenters. The van der Waals surface area contributed by atoms with Crippen molar-refractivity contribution in [2.24, 2.45) is 5.92 Å². The minimum absolute atomic E-state index is 0.247. The number of para-hydroxylation sites is 2. The predicted octanol–water partition coefficient (Wildman–Crippen LogP) is 2.73. The van der Waals surface area contributed by atoms with Crippen molar-refractivity contribution in [1.29, 1.82) is 0 Å². The fraction of sp³-hybridized carbons (Fsp3) is 0.278. The van der Waals surface area contributed by atoms with Gasteiger partial charge in [0.25, 0.3) is 11.8 Å². The van der Waals surface area contributed by atoms with Crippen molar-refractivity contribution in [2.75, 3.05) is 19.0 Å². The first-order chi connectivity index (χ1) is 11.5. The molecular weight excluding hydrogens is 306 g/mol. The number of hydrogen-bond donors (Lipinski definition) is 2. The molecule has 0 fully saturated rings. The molecule has 0 spiro atoms. The lowest BCUT2D eigenvalue weighted by Gasteiger charge is -2.11. The van der Waals surface area contributed by atoms with E-state index in [9.17, 15) is 9.59 Å². The second kappa shape index (κ2) is 8.10. The van der Waals surface area contributed by atoms with Crippen molar-refractivity contribution in [3.8, 4) is 5.75 Å². The number of nitrogens with one attached hydrogen (secondary N) is 2. The van der Waals surface area contributed by atoms with Crippen LogP contribution >= 0.6 is 0 Å². The summed E-state index contributed by atoms with van der Waals surface area (Å²) in [6.07, 6.45) is 2.86. The van der Waals surface area contributed by atoms with Crippen molar-refractivity contribution >= 4 is 17.5 Å². The number of pyridine rings is 1. The minimum atomic E-state index is -0.356. The summed E-state index contributed by atoms with van der Waals surface area (Å²) < 4.78 is 5.20. The van der Waals surface area contributed by atoms with Crippen LogP contribution in [0.25, 0.3) is 0 Å². The lowest BCUT2D eigenvalue weighted by Crippen LogP contribution is -2.27. The number of methoxy groups -OCH3 is 1. The summed E-state index contributed by atoms with van der Waals surface area (Å²) in [6.45, 7) is 4.59. The molecule has 2 N–H and O–H groups in total. The first-order valence-electron chi connectivity index (χ1n) is 7.69. The molecule has 0 aliphatic rings. The monoisotopic (exact) mass is 327 g/mol. The average molecular weight is 327 g/mol. The van der Waals surface area contributed by atoms with Gasteiger partial charge in [-0.25, -0.2) is 0 Å². The van der Waals surface area contributed by atoms with Crippen LogP contribution < -0.4 is 15.4 Å². The highest BCUT2D eigenvalue weighted by Crippen LogP contribution is 2.23. The van der Waals surface area contributed by atoms with Gasteiger partial charge in [-0.15, -0.1) is 0 Å². The Morgan fingerprint density at radius 3 is 2.46 bits per heavy atom. The molecule has 1 aromatic carbocycles. The van der Waals surface area contributed by atoms with E-state index in [1.807, 2.05) is 19.9 Å². The number of benzene rings is 1. The lowest BCUT2D eigenvalue weighted by atomic mass is 10.1. The van der Waals surface area contributed by atoms with E-state index in [4.69, 9.17) is 4.74 Å². The molecule has 0 bridgehead atoms. The van der Waals surface area contributed by atoms with Gasteiger partial charge in [-0.05, 0) is 24.1 Å². The minimum Gasteiger partial charge on any atom is -0.495 e. The Balaban J connectivity index is 2.13. The van der Waals surface area contributed by atoms with Crippen LogP contribution in [0, 0.1) is 5.92 Å². The van der Waals surface area contributed by atoms with Crippen LogP contribution in [-0.4, -0.2) is 30.5 Å². The number of rotatable bonds is 6. The maximum Gasteiger partial charge on any atom is 0.257 e. The Kier molecular flexibility index (Phi) is 5.89. The summed E-state index contributed by atoms with van der Waals surface area (Å²) in [5, 5.41) is 5.56. The molecule has 24 heavy (non-hydrogen) atoms. The Labute approximate surface area is 141 Å². The Bertz CT molecular complexity index is 729. The molecule has 2 amide bonds. The summed E-state index contributed by atoms with van der Waals surface area (Å²) in [6, 6.07) is 8.63. The maximum absolute atomic E-state index is 12.4. The zero-order valence-electron chi connectivity index (χ0n) is 14.0. The molecule has 0 aliphatic heterocycles. The molecule has 0 unspecified atom stereocenters. The van der Waals surface area contributed by atoms with E-state index in [-0.39, 0.29) is 11.8 Å². The standard InChI is InChI=1S/C18H21N3O3/c1-12(2)9-20-17(22)13-8-14(11-19-10-13)18(23)21-15-6-4-5-7-16(15)24-3/h4-8,10-12H,9H2,1-3H3,(H,20,22)(H,21,23). The lowest BCUT2D eigenvalue weighted by molar-refractivity contribution is 0.0948. The molecular formula is C18H21N3O3. The van der Waals surface area contributed by atoms with E-state index in [1.54, 1.807) is 18.2 Å². The number of carbonyl (C=O) groups excluding carboxylic acids is 2. The third-order valence-corrected chi connectivity index (χ3v) is 3.29. The van der Waals surface area contributed by atoms with Gasteiger partial charge < -0.3 is 15.4 Å². The van der Waals surface area contributed by atoms with Gasteiger partial charge in [-0.2, -0.15) is 0 Å². The van der Waals surface area contributed by atoms with Crippen molar-refractivity contribution in [2.45, 2.75) is 13.8 Å². The zero-order valence-corrected chi connectivity index (χ0v) is 14.0. The molecule has 2 rings (SSSR count). The fourth-order valence-electron chi connectivity index (χ4n) is 2.03. The van der Waals surface area contributed by atoms with Crippen LogP contribution in [0.5, 0.6) is 5.75 Å². The fourth-order valence-corrected chi connectivity index (χ4v) is 2.03. The third kappa shape index (κ3) is 4.55. The molecule has 1 aromatic heterocycles. The molecule has 6 nitrogen and oxygen atoms in total. The normalized spacial score (nSPS) is 10.3. The van der Waals surface area contributed by atoms with Crippen molar-refractivity contribution in [3.63, 3.8) is 0 Å². The third-order valence-electron chi connectivity index (χ3n) is 3.29. The van der Waals surface area contributed by atoms with E-state index >= 15 is 0 Å². The summed E-state index contributed by atoms with van der Waals surface area (Å²) in [7, 11) is 1.53. The highest BCUT2D eigenvalue weighted by Gasteiger charge is 2.13. The van der Waals surface area contributed by atoms with Crippen molar-refractivity contribution in [1.82, 2.24) is 10.3 Å².